The van der Waals surface area contributed by atoms with E-state index in [-0.39, 0.29) is 18.2 Å². The van der Waals surface area contributed by atoms with Crippen molar-refractivity contribution in [2.75, 3.05) is 6.61 Å². The van der Waals surface area contributed by atoms with Gasteiger partial charge in [-0.25, -0.2) is 4.39 Å². The Morgan fingerprint density at radius 3 is 2.68 bits per heavy atom. The second-order valence-corrected chi connectivity index (χ2v) is 4.96. The SMILES string of the molecule is Cc1cc(F)ccc1OCC(=O)c1ccccc1Br. The number of ketones is 1. The van der Waals surface area contributed by atoms with Crippen molar-refractivity contribution in [3.63, 3.8) is 0 Å². The highest BCUT2D eigenvalue weighted by Crippen LogP contribution is 2.20. The van der Waals surface area contributed by atoms with Crippen molar-refractivity contribution in [3.05, 3.63) is 63.9 Å². The number of carbonyl (C=O) groups excluding carboxylic acids is 1. The zero-order valence-electron chi connectivity index (χ0n) is 10.3. The minimum Gasteiger partial charge on any atom is -0.485 e. The minimum absolute atomic E-state index is 0.0743. The predicted octanol–water partition coefficient (Wildman–Crippen LogP) is 4.16. The highest BCUT2D eigenvalue weighted by Gasteiger charge is 2.11. The fraction of sp³-hybridized carbons (Fsp3) is 0.133. The van der Waals surface area contributed by atoms with Crippen molar-refractivity contribution in [1.29, 1.82) is 0 Å². The van der Waals surface area contributed by atoms with Crippen molar-refractivity contribution in [3.8, 4) is 5.75 Å². The first-order chi connectivity index (χ1) is 9.08. The lowest BCUT2D eigenvalue weighted by molar-refractivity contribution is 0.0920. The number of aryl methyl sites for hydroxylation is 1. The van der Waals surface area contributed by atoms with Crippen LogP contribution >= 0.6 is 15.9 Å². The molecule has 2 rings (SSSR count). The summed E-state index contributed by atoms with van der Waals surface area (Å²) in [6.45, 7) is 1.66. The molecule has 0 aliphatic heterocycles. The topological polar surface area (TPSA) is 26.3 Å². The molecule has 2 nitrogen and oxygen atoms in total. The van der Waals surface area contributed by atoms with E-state index >= 15 is 0 Å². The molecule has 4 heteroatoms. The number of Topliss-reactive ketones (excluding diaryl/α,β-unsaturated/α-hetero) is 1. The van der Waals surface area contributed by atoms with E-state index in [2.05, 4.69) is 15.9 Å². The Bertz CT molecular complexity index is 611. The molecule has 0 saturated carbocycles. The van der Waals surface area contributed by atoms with E-state index in [1.54, 1.807) is 25.1 Å². The van der Waals surface area contributed by atoms with E-state index in [0.29, 0.717) is 16.9 Å². The summed E-state index contributed by atoms with van der Waals surface area (Å²) in [6.07, 6.45) is 0. The second-order valence-electron chi connectivity index (χ2n) is 4.10. The lowest BCUT2D eigenvalue weighted by Crippen LogP contribution is -2.12. The Balaban J connectivity index is 2.07. The van der Waals surface area contributed by atoms with Crippen LogP contribution in [0.4, 0.5) is 4.39 Å². The zero-order chi connectivity index (χ0) is 13.8. The van der Waals surface area contributed by atoms with E-state index in [4.69, 9.17) is 4.74 Å². The molecule has 98 valence electrons. The van der Waals surface area contributed by atoms with Gasteiger partial charge in [-0.1, -0.05) is 34.1 Å². The minimum atomic E-state index is -0.318. The van der Waals surface area contributed by atoms with Crippen molar-refractivity contribution in [2.24, 2.45) is 0 Å². The zero-order valence-corrected chi connectivity index (χ0v) is 11.9. The summed E-state index contributed by atoms with van der Waals surface area (Å²) < 4.78 is 19.1. The summed E-state index contributed by atoms with van der Waals surface area (Å²) in [7, 11) is 0. The molecule has 0 N–H and O–H groups in total. The van der Waals surface area contributed by atoms with Gasteiger partial charge in [0.1, 0.15) is 11.6 Å². The maximum Gasteiger partial charge on any atom is 0.201 e. The fourth-order valence-corrected chi connectivity index (χ4v) is 2.19. The Hall–Kier alpha value is -1.68. The first-order valence-corrected chi connectivity index (χ1v) is 6.54. The molecule has 0 unspecified atom stereocenters. The quantitative estimate of drug-likeness (QED) is 0.790. The number of ether oxygens (including phenoxy) is 1. The highest BCUT2D eigenvalue weighted by atomic mass is 79.9. The van der Waals surface area contributed by atoms with Gasteiger partial charge in [-0.2, -0.15) is 0 Å². The summed E-state index contributed by atoms with van der Waals surface area (Å²) in [5.74, 6) is 0.0694. The maximum absolute atomic E-state index is 12.9. The van der Waals surface area contributed by atoms with Crippen LogP contribution < -0.4 is 4.74 Å². The van der Waals surface area contributed by atoms with Crippen LogP contribution in [-0.4, -0.2) is 12.4 Å². The van der Waals surface area contributed by atoms with Crippen molar-refractivity contribution >= 4 is 21.7 Å². The molecule has 2 aromatic rings. The first-order valence-electron chi connectivity index (χ1n) is 5.74. The third kappa shape index (κ3) is 3.41. The van der Waals surface area contributed by atoms with Crippen LogP contribution in [0, 0.1) is 12.7 Å². The van der Waals surface area contributed by atoms with Gasteiger partial charge >= 0.3 is 0 Å². The molecule has 0 amide bonds. The van der Waals surface area contributed by atoms with Crippen LogP contribution in [0.15, 0.2) is 46.9 Å². The molecule has 0 aromatic heterocycles. The van der Waals surface area contributed by atoms with Crippen LogP contribution in [0.25, 0.3) is 0 Å². The normalized spacial score (nSPS) is 10.3. The van der Waals surface area contributed by atoms with Crippen LogP contribution in [0.2, 0.25) is 0 Å². The van der Waals surface area contributed by atoms with Gasteiger partial charge in [0.15, 0.2) is 6.61 Å². The number of hydrogen-bond donors (Lipinski definition) is 0. The monoisotopic (exact) mass is 322 g/mol. The van der Waals surface area contributed by atoms with Gasteiger partial charge in [0, 0.05) is 10.0 Å². The Kier molecular flexibility index (Phi) is 4.32. The smallest absolute Gasteiger partial charge is 0.201 e. The predicted molar refractivity (Wildman–Crippen MR) is 75.1 cm³/mol. The van der Waals surface area contributed by atoms with Crippen LogP contribution in [0.3, 0.4) is 0 Å². The van der Waals surface area contributed by atoms with Gasteiger partial charge in [0.05, 0.1) is 0 Å². The molecule has 0 aliphatic rings. The van der Waals surface area contributed by atoms with Gasteiger partial charge in [-0.3, -0.25) is 4.79 Å². The van der Waals surface area contributed by atoms with Gasteiger partial charge in [0.25, 0.3) is 0 Å². The summed E-state index contributed by atoms with van der Waals surface area (Å²) in [5, 5.41) is 0. The van der Waals surface area contributed by atoms with E-state index in [1.807, 2.05) is 6.07 Å². The first kappa shape index (κ1) is 13.7. The Labute approximate surface area is 119 Å². The van der Waals surface area contributed by atoms with Crippen LogP contribution in [-0.2, 0) is 0 Å². The molecule has 0 atom stereocenters. The Morgan fingerprint density at radius 2 is 2.00 bits per heavy atom. The van der Waals surface area contributed by atoms with Crippen molar-refractivity contribution in [2.45, 2.75) is 6.92 Å². The van der Waals surface area contributed by atoms with E-state index < -0.39 is 0 Å². The molecule has 0 radical (unpaired) electrons. The number of carbonyl (C=O) groups is 1. The third-order valence-corrected chi connectivity index (χ3v) is 3.36. The van der Waals surface area contributed by atoms with Gasteiger partial charge < -0.3 is 4.74 Å². The lowest BCUT2D eigenvalue weighted by atomic mass is 10.1. The number of benzene rings is 2. The number of rotatable bonds is 4. The molecule has 0 fully saturated rings. The lowest BCUT2D eigenvalue weighted by Gasteiger charge is -2.09. The van der Waals surface area contributed by atoms with Gasteiger partial charge in [-0.15, -0.1) is 0 Å². The molecule has 19 heavy (non-hydrogen) atoms. The van der Waals surface area contributed by atoms with E-state index in [0.717, 1.165) is 4.47 Å². The molecule has 0 spiro atoms. The summed E-state index contributed by atoms with van der Waals surface area (Å²) in [4.78, 5) is 12.0. The number of hydrogen-bond acceptors (Lipinski definition) is 2. The Morgan fingerprint density at radius 1 is 1.26 bits per heavy atom. The van der Waals surface area contributed by atoms with E-state index in [1.165, 1.54) is 18.2 Å². The van der Waals surface area contributed by atoms with Crippen LogP contribution in [0.1, 0.15) is 15.9 Å². The molecule has 2 aromatic carbocycles. The van der Waals surface area contributed by atoms with Crippen LogP contribution in [0.5, 0.6) is 5.75 Å². The average molecular weight is 323 g/mol. The molecule has 0 saturated heterocycles. The molecular weight excluding hydrogens is 311 g/mol. The molecular formula is C15H12BrFO2. The van der Waals surface area contributed by atoms with Crippen molar-refractivity contribution < 1.29 is 13.9 Å². The van der Waals surface area contributed by atoms with Crippen molar-refractivity contribution in [1.82, 2.24) is 0 Å². The number of halogens is 2. The van der Waals surface area contributed by atoms with Gasteiger partial charge in [-0.05, 0) is 36.8 Å². The maximum atomic E-state index is 12.9. The highest BCUT2D eigenvalue weighted by molar-refractivity contribution is 9.10. The summed E-state index contributed by atoms with van der Waals surface area (Å²) in [6, 6.07) is 11.4. The standard InChI is InChI=1S/C15H12BrFO2/c1-10-8-11(17)6-7-15(10)19-9-14(18)12-4-2-3-5-13(12)16/h2-8H,9H2,1H3. The summed E-state index contributed by atoms with van der Waals surface area (Å²) >= 11 is 3.32. The van der Waals surface area contributed by atoms with E-state index in [9.17, 15) is 9.18 Å². The fourth-order valence-electron chi connectivity index (χ4n) is 1.68. The summed E-state index contributed by atoms with van der Waals surface area (Å²) in [5.41, 5.74) is 1.24. The molecule has 0 bridgehead atoms. The second kappa shape index (κ2) is 5.97. The third-order valence-electron chi connectivity index (χ3n) is 2.67. The molecule has 0 heterocycles. The van der Waals surface area contributed by atoms with Gasteiger partial charge in [0.2, 0.25) is 5.78 Å². The molecule has 0 aliphatic carbocycles. The largest absolute Gasteiger partial charge is 0.485 e. The average Bonchev–Trinajstić information content (AvgIpc) is 2.38.